The molecule has 0 radical (unpaired) electrons. The van der Waals surface area contributed by atoms with E-state index >= 15 is 0 Å². The van der Waals surface area contributed by atoms with Gasteiger partial charge in [-0.05, 0) is 0 Å². The second kappa shape index (κ2) is 3.31. The van der Waals surface area contributed by atoms with E-state index in [1.54, 1.807) is 0 Å². The number of H-pyrrole nitrogens is 1. The van der Waals surface area contributed by atoms with E-state index in [1.807, 2.05) is 0 Å². The van der Waals surface area contributed by atoms with Gasteiger partial charge in [-0.2, -0.15) is 0 Å². The summed E-state index contributed by atoms with van der Waals surface area (Å²) in [5.41, 5.74) is 0.937. The Labute approximate surface area is 81.6 Å². The first-order valence-electron chi connectivity index (χ1n) is 3.67. The predicted molar refractivity (Wildman–Crippen MR) is 49.0 cm³/mol. The molecule has 2 aromatic heterocycles. The zero-order chi connectivity index (χ0) is 10.1. The molecule has 74 valence electrons. The van der Waals surface area contributed by atoms with E-state index in [1.165, 1.54) is 19.7 Å². The third kappa shape index (κ3) is 1.34. The van der Waals surface area contributed by atoms with Crippen LogP contribution in [0.1, 0.15) is 0 Å². The Bertz CT molecular complexity index is 484. The van der Waals surface area contributed by atoms with E-state index in [4.69, 9.17) is 0 Å². The van der Waals surface area contributed by atoms with Crippen LogP contribution >= 0.6 is 0 Å². The van der Waals surface area contributed by atoms with Gasteiger partial charge >= 0.3 is 0 Å². The molecule has 1 N–H and O–H groups in total. The summed E-state index contributed by atoms with van der Waals surface area (Å²) in [6.45, 7) is 0. The minimum Gasteiger partial charge on any atom is -0.755 e. The van der Waals surface area contributed by atoms with Crippen molar-refractivity contribution in [2.75, 3.05) is 11.4 Å². The highest BCUT2D eigenvalue weighted by molar-refractivity contribution is 7.80. The van der Waals surface area contributed by atoms with Crippen molar-refractivity contribution in [3.05, 3.63) is 12.7 Å². The van der Waals surface area contributed by atoms with Crippen LogP contribution in [0.3, 0.4) is 0 Å². The largest absolute Gasteiger partial charge is 0.755 e. The molecule has 8 heteroatoms. The van der Waals surface area contributed by atoms with Crippen molar-refractivity contribution < 1.29 is 8.76 Å². The van der Waals surface area contributed by atoms with Gasteiger partial charge in [-0.3, -0.25) is 8.51 Å². The SMILES string of the molecule is CN(c1ncnc2nc[nH]c12)S(=O)[O-]. The van der Waals surface area contributed by atoms with Gasteiger partial charge in [0.05, 0.1) is 6.33 Å². The molecule has 0 saturated heterocycles. The molecule has 2 heterocycles. The lowest BCUT2D eigenvalue weighted by Gasteiger charge is -2.19. The molecule has 0 aromatic carbocycles. The number of anilines is 1. The summed E-state index contributed by atoms with van der Waals surface area (Å²) < 4.78 is 22.4. The molecule has 0 aliphatic rings. The first-order valence-corrected chi connectivity index (χ1v) is 4.70. The van der Waals surface area contributed by atoms with E-state index in [0.29, 0.717) is 11.2 Å². The molecule has 1 atom stereocenters. The topological polar surface area (TPSA) is 97.8 Å². The van der Waals surface area contributed by atoms with Gasteiger partial charge in [0.15, 0.2) is 11.5 Å². The summed E-state index contributed by atoms with van der Waals surface area (Å²) in [6.07, 6.45) is 2.70. The summed E-state index contributed by atoms with van der Waals surface area (Å²) in [7, 11) is 1.39. The molecule has 0 fully saturated rings. The number of rotatable bonds is 2. The minimum absolute atomic E-state index is 0.279. The number of nitrogens with one attached hydrogen (secondary N) is 1. The first kappa shape index (κ1) is 9.03. The second-order valence-corrected chi connectivity index (χ2v) is 3.49. The average molecular weight is 212 g/mol. The Hall–Kier alpha value is -1.54. The summed E-state index contributed by atoms with van der Waals surface area (Å²) in [6, 6.07) is 0. The standard InChI is InChI=1S/C6H7N5O2S/c1-11(14(12)13)6-4-5(8-2-7-4)9-3-10-6/h2-3H,1H3,(H,12,13)(H,7,8,9,10)/p-1. The van der Waals surface area contributed by atoms with Crippen LogP contribution in [0.5, 0.6) is 0 Å². The Morgan fingerprint density at radius 2 is 2.29 bits per heavy atom. The normalized spacial score (nSPS) is 13.0. The third-order valence-corrected chi connectivity index (χ3v) is 2.35. The highest BCUT2D eigenvalue weighted by Crippen LogP contribution is 2.18. The van der Waals surface area contributed by atoms with E-state index in [2.05, 4.69) is 19.9 Å². The number of aromatic amines is 1. The maximum Gasteiger partial charge on any atom is 0.182 e. The Kier molecular flexibility index (Phi) is 2.14. The fourth-order valence-electron chi connectivity index (χ4n) is 1.06. The summed E-state index contributed by atoms with van der Waals surface area (Å²) >= 11 is -2.36. The summed E-state index contributed by atoms with van der Waals surface area (Å²) in [5.74, 6) is 0.279. The highest BCUT2D eigenvalue weighted by atomic mass is 32.2. The fraction of sp³-hybridized carbons (Fsp3) is 0.167. The Morgan fingerprint density at radius 1 is 1.50 bits per heavy atom. The lowest BCUT2D eigenvalue weighted by Crippen LogP contribution is -2.21. The lowest BCUT2D eigenvalue weighted by atomic mass is 10.5. The molecule has 2 rings (SSSR count). The van der Waals surface area contributed by atoms with Crippen molar-refractivity contribution in [1.82, 2.24) is 19.9 Å². The molecule has 0 aliphatic carbocycles. The van der Waals surface area contributed by atoms with Gasteiger partial charge in [0, 0.05) is 18.3 Å². The lowest BCUT2D eigenvalue weighted by molar-refractivity contribution is 0.535. The highest BCUT2D eigenvalue weighted by Gasteiger charge is 2.09. The number of nitrogens with zero attached hydrogens (tertiary/aromatic N) is 4. The molecule has 2 aromatic rings. The summed E-state index contributed by atoms with van der Waals surface area (Å²) in [4.78, 5) is 14.4. The van der Waals surface area contributed by atoms with Crippen LogP contribution in [-0.2, 0) is 11.3 Å². The van der Waals surface area contributed by atoms with Crippen molar-refractivity contribution in [3.63, 3.8) is 0 Å². The van der Waals surface area contributed by atoms with Gasteiger partial charge < -0.3 is 9.54 Å². The van der Waals surface area contributed by atoms with Crippen LogP contribution in [0.25, 0.3) is 11.2 Å². The van der Waals surface area contributed by atoms with Crippen LogP contribution in [0.2, 0.25) is 0 Å². The molecule has 0 amide bonds. The van der Waals surface area contributed by atoms with Crippen LogP contribution < -0.4 is 4.31 Å². The molecular formula is C6H6N5O2S-. The van der Waals surface area contributed by atoms with Crippen molar-refractivity contribution in [3.8, 4) is 0 Å². The molecule has 7 nitrogen and oxygen atoms in total. The molecule has 0 aliphatic heterocycles. The molecule has 0 spiro atoms. The van der Waals surface area contributed by atoms with Crippen molar-refractivity contribution >= 4 is 28.2 Å². The van der Waals surface area contributed by atoms with Gasteiger partial charge in [0.25, 0.3) is 0 Å². The maximum atomic E-state index is 10.7. The fourth-order valence-corrected chi connectivity index (χ4v) is 1.34. The molecular weight excluding hydrogens is 206 g/mol. The zero-order valence-electron chi connectivity index (χ0n) is 7.17. The Morgan fingerprint density at radius 3 is 3.00 bits per heavy atom. The van der Waals surface area contributed by atoms with Crippen LogP contribution in [0, 0.1) is 0 Å². The van der Waals surface area contributed by atoms with Crippen LogP contribution in [-0.4, -0.2) is 35.7 Å². The third-order valence-electron chi connectivity index (χ3n) is 1.72. The van der Waals surface area contributed by atoms with Gasteiger partial charge in [0.1, 0.15) is 11.8 Å². The predicted octanol–water partition coefficient (Wildman–Crippen LogP) is -0.417. The van der Waals surface area contributed by atoms with Gasteiger partial charge in [0.2, 0.25) is 0 Å². The number of fused-ring (bicyclic) bond motifs is 1. The second-order valence-electron chi connectivity index (χ2n) is 2.51. The van der Waals surface area contributed by atoms with Crippen molar-refractivity contribution in [2.24, 2.45) is 0 Å². The van der Waals surface area contributed by atoms with E-state index in [-0.39, 0.29) is 5.82 Å². The average Bonchev–Trinajstić information content (AvgIpc) is 2.63. The maximum absolute atomic E-state index is 10.7. The first-order chi connectivity index (χ1) is 6.70. The number of aromatic nitrogens is 4. The van der Waals surface area contributed by atoms with Crippen LogP contribution in [0.4, 0.5) is 5.82 Å². The number of hydrogen-bond acceptors (Lipinski definition) is 5. The molecule has 0 bridgehead atoms. The molecule has 0 saturated carbocycles. The number of hydrogen-bond donors (Lipinski definition) is 1. The monoisotopic (exact) mass is 212 g/mol. The van der Waals surface area contributed by atoms with E-state index in [0.717, 1.165) is 4.31 Å². The summed E-state index contributed by atoms with van der Waals surface area (Å²) in [5, 5.41) is 0. The van der Waals surface area contributed by atoms with Crippen molar-refractivity contribution in [1.29, 1.82) is 0 Å². The number of imidazole rings is 1. The molecule has 1 unspecified atom stereocenters. The minimum atomic E-state index is -2.36. The van der Waals surface area contributed by atoms with E-state index < -0.39 is 11.3 Å². The van der Waals surface area contributed by atoms with Gasteiger partial charge in [-0.15, -0.1) is 0 Å². The zero-order valence-corrected chi connectivity index (χ0v) is 7.98. The molecule has 14 heavy (non-hydrogen) atoms. The van der Waals surface area contributed by atoms with Gasteiger partial charge in [-0.1, -0.05) is 0 Å². The van der Waals surface area contributed by atoms with Crippen LogP contribution in [0.15, 0.2) is 12.7 Å². The van der Waals surface area contributed by atoms with Gasteiger partial charge in [-0.25, -0.2) is 15.0 Å². The quantitative estimate of drug-likeness (QED) is 0.682. The van der Waals surface area contributed by atoms with E-state index in [9.17, 15) is 8.76 Å². The van der Waals surface area contributed by atoms with Crippen molar-refractivity contribution in [2.45, 2.75) is 0 Å². The smallest absolute Gasteiger partial charge is 0.182 e. The Balaban J connectivity index is 2.61.